The Kier molecular flexibility index (Phi) is 10.3. The lowest BCUT2D eigenvalue weighted by molar-refractivity contribution is -0.126. The van der Waals surface area contributed by atoms with E-state index in [1.54, 1.807) is 18.2 Å². The van der Waals surface area contributed by atoms with Crippen LogP contribution in [0.4, 0.5) is 20.2 Å². The third-order valence-corrected chi connectivity index (χ3v) is 9.38. The van der Waals surface area contributed by atoms with Gasteiger partial charge in [-0.15, -0.1) is 11.3 Å². The van der Waals surface area contributed by atoms with Gasteiger partial charge in [0.1, 0.15) is 12.6 Å². The van der Waals surface area contributed by atoms with Crippen molar-refractivity contribution in [2.75, 3.05) is 49.6 Å². The topological polar surface area (TPSA) is 100 Å². The smallest absolute Gasteiger partial charge is 0.387 e. The van der Waals surface area contributed by atoms with Crippen molar-refractivity contribution in [2.45, 2.75) is 51.2 Å². The van der Waals surface area contributed by atoms with Crippen molar-refractivity contribution in [3.8, 4) is 5.75 Å². The molecule has 3 aliphatic rings. The highest BCUT2D eigenvalue weighted by atomic mass is 35.5. The Morgan fingerprint density at radius 2 is 1.83 bits per heavy atom. The quantitative estimate of drug-likeness (QED) is 0.325. The Hall–Kier alpha value is -2.80. The Morgan fingerprint density at radius 3 is 2.40 bits per heavy atom. The van der Waals surface area contributed by atoms with Crippen LogP contribution in [0.3, 0.4) is 0 Å². The molecule has 5 rings (SSSR count). The van der Waals surface area contributed by atoms with Crippen molar-refractivity contribution in [3.05, 3.63) is 39.5 Å². The van der Waals surface area contributed by atoms with E-state index >= 15 is 0 Å². The van der Waals surface area contributed by atoms with Crippen molar-refractivity contribution >= 4 is 52.0 Å². The lowest BCUT2D eigenvalue weighted by atomic mass is 9.82. The molecule has 1 saturated heterocycles. The van der Waals surface area contributed by atoms with E-state index in [0.29, 0.717) is 21.0 Å². The van der Waals surface area contributed by atoms with Gasteiger partial charge in [-0.1, -0.05) is 24.4 Å². The first-order valence-electron chi connectivity index (χ1n) is 14.3. The molecule has 0 radical (unpaired) electrons. The number of benzene rings is 1. The summed E-state index contributed by atoms with van der Waals surface area (Å²) >= 11 is 7.17. The van der Waals surface area contributed by atoms with Gasteiger partial charge in [0.2, 0.25) is 5.91 Å². The molecule has 228 valence electrons. The molecule has 1 aliphatic heterocycles. The molecule has 3 amide bonds. The molecular weight excluding hydrogens is 590 g/mol. The molecule has 3 fully saturated rings. The number of morpholine rings is 1. The predicted molar refractivity (Wildman–Crippen MR) is 157 cm³/mol. The summed E-state index contributed by atoms with van der Waals surface area (Å²) in [5.74, 6) is -0.298. The van der Waals surface area contributed by atoms with Crippen LogP contribution in [-0.2, 0) is 14.3 Å². The molecule has 1 aromatic carbocycles. The Bertz CT molecular complexity index is 1260. The van der Waals surface area contributed by atoms with Gasteiger partial charge in [-0.2, -0.15) is 8.78 Å². The first-order valence-corrected chi connectivity index (χ1v) is 15.5. The summed E-state index contributed by atoms with van der Waals surface area (Å²) in [6.07, 6.45) is 6.74. The van der Waals surface area contributed by atoms with Gasteiger partial charge in [0.05, 0.1) is 21.5 Å². The Morgan fingerprint density at radius 1 is 1.12 bits per heavy atom. The number of hydrogen-bond donors (Lipinski definition) is 2. The largest absolute Gasteiger partial charge is 0.433 e. The third-order valence-electron chi connectivity index (χ3n) is 8.15. The van der Waals surface area contributed by atoms with Crippen LogP contribution >= 0.6 is 22.9 Å². The summed E-state index contributed by atoms with van der Waals surface area (Å²) in [7, 11) is 0. The number of amides is 3. The van der Waals surface area contributed by atoms with Crippen LogP contribution in [0.25, 0.3) is 0 Å². The van der Waals surface area contributed by atoms with Gasteiger partial charge in [-0.05, 0) is 61.8 Å². The average molecular weight is 625 g/mol. The molecule has 9 nitrogen and oxygen atoms in total. The maximum atomic E-state index is 13.9. The van der Waals surface area contributed by atoms with E-state index in [-0.39, 0.29) is 61.1 Å². The van der Waals surface area contributed by atoms with Gasteiger partial charge in [0.25, 0.3) is 11.8 Å². The van der Waals surface area contributed by atoms with Crippen molar-refractivity contribution in [2.24, 2.45) is 11.8 Å². The SMILES string of the molecule is O=C(NC[C@@H](C(=O)Nc1ccc(N2CCOCC2=O)c(OC(F)F)c1)N(CC1CCC1)CC1CCC1)c1ccc(Cl)s1. The molecule has 0 unspecified atom stereocenters. The van der Waals surface area contributed by atoms with Gasteiger partial charge in [0.15, 0.2) is 5.75 Å². The number of nitrogens with one attached hydrogen (secondary N) is 2. The second-order valence-electron chi connectivity index (χ2n) is 11.0. The van der Waals surface area contributed by atoms with E-state index in [1.807, 2.05) is 0 Å². The lowest BCUT2D eigenvalue weighted by Crippen LogP contribution is -2.54. The summed E-state index contributed by atoms with van der Waals surface area (Å²) in [6.45, 7) is -1.27. The number of alkyl halides is 2. The van der Waals surface area contributed by atoms with Crippen molar-refractivity contribution in [1.29, 1.82) is 0 Å². The van der Waals surface area contributed by atoms with Gasteiger partial charge in [0, 0.05) is 37.9 Å². The van der Waals surface area contributed by atoms with E-state index in [2.05, 4.69) is 15.5 Å². The van der Waals surface area contributed by atoms with Crippen molar-refractivity contribution < 1.29 is 32.6 Å². The van der Waals surface area contributed by atoms with E-state index in [9.17, 15) is 23.2 Å². The number of hydrogen-bond acceptors (Lipinski definition) is 7. The molecule has 0 spiro atoms. The van der Waals surface area contributed by atoms with Gasteiger partial charge in [-0.25, -0.2) is 0 Å². The second kappa shape index (κ2) is 14.1. The second-order valence-corrected chi connectivity index (χ2v) is 12.7. The summed E-state index contributed by atoms with van der Waals surface area (Å²) in [4.78, 5) is 43.1. The zero-order chi connectivity index (χ0) is 29.6. The highest BCUT2D eigenvalue weighted by Gasteiger charge is 2.34. The van der Waals surface area contributed by atoms with Gasteiger partial charge in [-0.3, -0.25) is 19.3 Å². The molecule has 13 heteroatoms. The molecule has 2 heterocycles. The number of thiophene rings is 1. The molecule has 2 N–H and O–H groups in total. The minimum atomic E-state index is -3.12. The summed E-state index contributed by atoms with van der Waals surface area (Å²) in [6, 6.07) is 6.94. The molecule has 2 saturated carbocycles. The van der Waals surface area contributed by atoms with Crippen LogP contribution in [0.2, 0.25) is 4.34 Å². The number of anilines is 2. The molecule has 0 bridgehead atoms. The lowest BCUT2D eigenvalue weighted by Gasteiger charge is -2.40. The van der Waals surface area contributed by atoms with Crippen LogP contribution in [0.5, 0.6) is 5.75 Å². The number of ether oxygens (including phenoxy) is 2. The molecular formula is C29H35ClF2N4O5S. The van der Waals surface area contributed by atoms with Gasteiger partial charge < -0.3 is 25.0 Å². The van der Waals surface area contributed by atoms with Crippen LogP contribution in [0.15, 0.2) is 30.3 Å². The number of halogens is 3. The molecule has 2 aromatic rings. The minimum Gasteiger partial charge on any atom is -0.433 e. The van der Waals surface area contributed by atoms with Crippen LogP contribution in [0, 0.1) is 11.8 Å². The number of nitrogens with zero attached hydrogens (tertiary/aromatic N) is 2. The Balaban J connectivity index is 1.36. The third kappa shape index (κ3) is 7.77. The number of carbonyl (C=O) groups is 3. The molecule has 2 aliphatic carbocycles. The van der Waals surface area contributed by atoms with Crippen molar-refractivity contribution in [3.63, 3.8) is 0 Å². The standard InChI is InChI=1S/C29H35ClF2N4O5S/c30-25-10-9-24(42-25)28(39)33-14-22(35(15-18-3-1-4-18)16-19-5-2-6-19)27(38)34-20-7-8-21(23(13-20)41-29(31)32)36-11-12-40-17-26(36)37/h7-10,13,18-19,22,29H,1-6,11-12,14-17H2,(H,33,39)(H,34,38)/t22-/m0/s1. The summed E-state index contributed by atoms with van der Waals surface area (Å²) in [5, 5.41) is 5.76. The normalized spacial score (nSPS) is 18.5. The molecule has 1 atom stereocenters. The first kappa shape index (κ1) is 30.7. The van der Waals surface area contributed by atoms with Crippen LogP contribution in [-0.4, -0.2) is 74.7 Å². The maximum Gasteiger partial charge on any atom is 0.387 e. The zero-order valence-corrected chi connectivity index (χ0v) is 24.7. The minimum absolute atomic E-state index is 0.0698. The zero-order valence-electron chi connectivity index (χ0n) is 23.2. The highest BCUT2D eigenvalue weighted by Crippen LogP contribution is 2.35. The molecule has 1 aromatic heterocycles. The van der Waals surface area contributed by atoms with E-state index < -0.39 is 12.7 Å². The van der Waals surface area contributed by atoms with Crippen LogP contribution < -0.4 is 20.3 Å². The monoisotopic (exact) mass is 624 g/mol. The maximum absolute atomic E-state index is 13.9. The van der Waals surface area contributed by atoms with Crippen LogP contribution in [0.1, 0.15) is 48.2 Å². The first-order chi connectivity index (χ1) is 20.3. The summed E-state index contributed by atoms with van der Waals surface area (Å²) in [5.41, 5.74) is 0.422. The van der Waals surface area contributed by atoms with Gasteiger partial charge >= 0.3 is 6.61 Å². The number of rotatable bonds is 13. The number of carbonyl (C=O) groups excluding carboxylic acids is 3. The highest BCUT2D eigenvalue weighted by molar-refractivity contribution is 7.18. The van der Waals surface area contributed by atoms with E-state index in [1.165, 1.54) is 29.9 Å². The fourth-order valence-electron chi connectivity index (χ4n) is 5.45. The Labute approximate surface area is 252 Å². The fourth-order valence-corrected chi connectivity index (χ4v) is 6.41. The predicted octanol–water partition coefficient (Wildman–Crippen LogP) is 5.01. The van der Waals surface area contributed by atoms with E-state index in [4.69, 9.17) is 21.1 Å². The van der Waals surface area contributed by atoms with Crippen molar-refractivity contribution in [1.82, 2.24) is 10.2 Å². The molecule has 42 heavy (non-hydrogen) atoms. The fraction of sp³-hybridized carbons (Fsp3) is 0.552. The average Bonchev–Trinajstić information content (AvgIpc) is 3.34. The van der Waals surface area contributed by atoms with E-state index in [0.717, 1.165) is 50.1 Å². The summed E-state index contributed by atoms with van der Waals surface area (Å²) < 4.78 is 37.1.